The van der Waals surface area contributed by atoms with E-state index in [0.717, 1.165) is 23.1 Å². The first-order valence-corrected chi connectivity index (χ1v) is 6.88. The molecule has 3 heteroatoms. The molecule has 0 saturated heterocycles. The van der Waals surface area contributed by atoms with Crippen molar-refractivity contribution in [3.05, 3.63) is 42.4 Å². The van der Waals surface area contributed by atoms with E-state index in [2.05, 4.69) is 40.3 Å². The second-order valence-electron chi connectivity index (χ2n) is 4.86. The van der Waals surface area contributed by atoms with Crippen molar-refractivity contribution in [3.63, 3.8) is 0 Å². The van der Waals surface area contributed by atoms with Gasteiger partial charge in [-0.2, -0.15) is 5.10 Å². The molecule has 1 aromatic rings. The number of aryl methyl sites for hydroxylation is 1. The topological polar surface area (TPSA) is 38.7 Å². The summed E-state index contributed by atoms with van der Waals surface area (Å²) >= 11 is 0. The van der Waals surface area contributed by atoms with Crippen molar-refractivity contribution in [2.45, 2.75) is 32.6 Å². The molecule has 0 atom stereocenters. The van der Waals surface area contributed by atoms with Crippen LogP contribution in [0.25, 0.3) is 22.0 Å². The fraction of sp³-hybridized carbons (Fsp3) is 0.312. The van der Waals surface area contributed by atoms with E-state index in [9.17, 15) is 0 Å². The molecule has 0 aromatic heterocycles. The van der Waals surface area contributed by atoms with Crippen LogP contribution in [0.1, 0.15) is 31.9 Å². The van der Waals surface area contributed by atoms with Crippen molar-refractivity contribution < 1.29 is 0 Å². The van der Waals surface area contributed by atoms with Gasteiger partial charge >= 0.3 is 0 Å². The van der Waals surface area contributed by atoms with Crippen LogP contribution in [0.4, 0.5) is 0 Å². The zero-order valence-electron chi connectivity index (χ0n) is 11.1. The summed E-state index contributed by atoms with van der Waals surface area (Å²) < 4.78 is 0. The van der Waals surface area contributed by atoms with Crippen LogP contribution < -0.4 is 0 Å². The Hall–Kier alpha value is -2.03. The number of fused-ring (bicyclic) bond motifs is 3. The van der Waals surface area contributed by atoms with Gasteiger partial charge in [-0.25, -0.2) is 0 Å². The number of rotatable bonds is 4. The molecule has 2 heterocycles. The molecule has 3 rings (SSSR count). The summed E-state index contributed by atoms with van der Waals surface area (Å²) in [7, 11) is 0. The Morgan fingerprint density at radius 2 is 1.84 bits per heavy atom. The summed E-state index contributed by atoms with van der Waals surface area (Å²) in [5, 5.41) is 10.6. The molecule has 0 spiro atoms. The number of benzene rings is 1. The monoisotopic (exact) mass is 251 g/mol. The number of unbranched alkanes of at least 4 members (excludes halogenated alkanes) is 2. The van der Waals surface area contributed by atoms with Gasteiger partial charge in [-0.05, 0) is 12.8 Å². The Kier molecular flexibility index (Phi) is 3.36. The van der Waals surface area contributed by atoms with Crippen LogP contribution >= 0.6 is 0 Å². The van der Waals surface area contributed by atoms with Gasteiger partial charge in [0.25, 0.3) is 0 Å². The lowest BCUT2D eigenvalue weighted by Crippen LogP contribution is -1.88. The molecular weight excluding hydrogens is 234 g/mol. The fourth-order valence-electron chi connectivity index (χ4n) is 2.47. The van der Waals surface area contributed by atoms with Gasteiger partial charge < -0.3 is 0 Å². The van der Waals surface area contributed by atoms with Gasteiger partial charge in [-0.3, -0.25) is 4.98 Å². The molecule has 2 aliphatic rings. The first-order valence-electron chi connectivity index (χ1n) is 6.88. The lowest BCUT2D eigenvalue weighted by Gasteiger charge is -2.01. The maximum atomic E-state index is 4.66. The molecule has 0 amide bonds. The van der Waals surface area contributed by atoms with Crippen LogP contribution in [-0.2, 0) is 6.42 Å². The molecule has 0 unspecified atom stereocenters. The molecule has 2 aliphatic heterocycles. The van der Waals surface area contributed by atoms with Gasteiger partial charge in [0.05, 0.1) is 6.20 Å². The predicted molar refractivity (Wildman–Crippen MR) is 77.2 cm³/mol. The van der Waals surface area contributed by atoms with Gasteiger partial charge in [-0.15, -0.1) is 5.10 Å². The molecule has 0 aliphatic carbocycles. The third-order valence-electron chi connectivity index (χ3n) is 3.50. The summed E-state index contributed by atoms with van der Waals surface area (Å²) in [5.41, 5.74) is 3.13. The van der Waals surface area contributed by atoms with E-state index in [1.54, 1.807) is 6.20 Å². The van der Waals surface area contributed by atoms with Gasteiger partial charge in [0, 0.05) is 28.2 Å². The number of aromatic nitrogens is 3. The van der Waals surface area contributed by atoms with E-state index >= 15 is 0 Å². The van der Waals surface area contributed by atoms with Crippen LogP contribution in [0.2, 0.25) is 0 Å². The van der Waals surface area contributed by atoms with Gasteiger partial charge in [0.15, 0.2) is 0 Å². The van der Waals surface area contributed by atoms with E-state index in [-0.39, 0.29) is 0 Å². The molecule has 0 fully saturated rings. The van der Waals surface area contributed by atoms with Crippen molar-refractivity contribution in [1.82, 2.24) is 15.2 Å². The first kappa shape index (κ1) is 12.0. The molecule has 0 N–H and O–H groups in total. The second-order valence-corrected chi connectivity index (χ2v) is 4.86. The van der Waals surface area contributed by atoms with E-state index in [1.165, 1.54) is 30.3 Å². The van der Waals surface area contributed by atoms with Gasteiger partial charge in [0.1, 0.15) is 5.69 Å². The maximum Gasteiger partial charge on any atom is 0.104 e. The highest BCUT2D eigenvalue weighted by atomic mass is 15.1. The third-order valence-corrected chi connectivity index (χ3v) is 3.50. The molecule has 0 radical (unpaired) electrons. The SMILES string of the molecule is CCCCCc1ncc2cnnc-2c2ccccc12. The highest BCUT2D eigenvalue weighted by Crippen LogP contribution is 2.28. The Bertz CT molecular complexity index is 663. The van der Waals surface area contributed by atoms with E-state index in [0.29, 0.717) is 0 Å². The molecule has 0 saturated carbocycles. The molecule has 19 heavy (non-hydrogen) atoms. The Morgan fingerprint density at radius 1 is 1.00 bits per heavy atom. The van der Waals surface area contributed by atoms with Crippen molar-refractivity contribution in [2.24, 2.45) is 0 Å². The van der Waals surface area contributed by atoms with Gasteiger partial charge in [0.2, 0.25) is 0 Å². The average molecular weight is 251 g/mol. The van der Waals surface area contributed by atoms with Crippen molar-refractivity contribution in [1.29, 1.82) is 0 Å². The quantitative estimate of drug-likeness (QED) is 0.661. The summed E-state index contributed by atoms with van der Waals surface area (Å²) in [5.74, 6) is 0. The zero-order chi connectivity index (χ0) is 13.1. The van der Waals surface area contributed by atoms with Crippen LogP contribution in [-0.4, -0.2) is 15.2 Å². The van der Waals surface area contributed by atoms with Crippen LogP contribution in [0, 0.1) is 0 Å². The highest BCUT2D eigenvalue weighted by molar-refractivity contribution is 5.95. The molecule has 0 bridgehead atoms. The fourth-order valence-corrected chi connectivity index (χ4v) is 2.47. The summed E-state index contributed by atoms with van der Waals surface area (Å²) in [6.07, 6.45) is 8.38. The van der Waals surface area contributed by atoms with E-state index in [4.69, 9.17) is 0 Å². The van der Waals surface area contributed by atoms with Crippen molar-refractivity contribution in [3.8, 4) is 11.3 Å². The summed E-state index contributed by atoms with van der Waals surface area (Å²) in [6.45, 7) is 2.22. The minimum absolute atomic E-state index is 0.949. The minimum Gasteiger partial charge on any atom is -0.260 e. The number of nitrogens with zero attached hydrogens (tertiary/aromatic N) is 3. The largest absolute Gasteiger partial charge is 0.260 e. The molecule has 3 nitrogen and oxygen atoms in total. The number of hydrogen-bond acceptors (Lipinski definition) is 3. The Balaban J connectivity index is 2.16. The van der Waals surface area contributed by atoms with Crippen molar-refractivity contribution in [2.75, 3.05) is 0 Å². The second kappa shape index (κ2) is 5.31. The lowest BCUT2D eigenvalue weighted by atomic mass is 10.0. The van der Waals surface area contributed by atoms with Crippen LogP contribution in [0.15, 0.2) is 36.7 Å². The predicted octanol–water partition coefficient (Wildman–Crippen LogP) is 3.86. The summed E-state index contributed by atoms with van der Waals surface area (Å²) in [4.78, 5) is 4.66. The van der Waals surface area contributed by atoms with E-state index < -0.39 is 0 Å². The summed E-state index contributed by atoms with van der Waals surface area (Å²) in [6, 6.07) is 8.36. The first-order chi connectivity index (χ1) is 9.40. The normalized spacial score (nSPS) is 11.2. The Morgan fingerprint density at radius 3 is 2.68 bits per heavy atom. The van der Waals surface area contributed by atoms with Gasteiger partial charge in [-0.1, -0.05) is 44.0 Å². The third kappa shape index (κ3) is 2.28. The van der Waals surface area contributed by atoms with E-state index in [1.807, 2.05) is 12.3 Å². The minimum atomic E-state index is 0.949. The average Bonchev–Trinajstić information content (AvgIpc) is 2.86. The van der Waals surface area contributed by atoms with Crippen LogP contribution in [0.5, 0.6) is 0 Å². The Labute approximate surface area is 113 Å². The maximum absolute atomic E-state index is 4.66. The van der Waals surface area contributed by atoms with Crippen LogP contribution in [0.3, 0.4) is 0 Å². The smallest absolute Gasteiger partial charge is 0.104 e. The standard InChI is InChI=1S/C16H17N3/c1-2-3-4-9-15-13-7-5-6-8-14(13)16-12(10-17-15)11-18-19-16/h5-8,10-11H,2-4,9H2,1H3. The zero-order valence-corrected chi connectivity index (χ0v) is 11.1. The lowest BCUT2D eigenvalue weighted by molar-refractivity contribution is 0.711. The molecule has 1 aromatic carbocycles. The number of hydrogen-bond donors (Lipinski definition) is 0. The molecule has 96 valence electrons. The highest BCUT2D eigenvalue weighted by Gasteiger charge is 2.11. The van der Waals surface area contributed by atoms with Crippen molar-refractivity contribution >= 4 is 10.8 Å². The molecular formula is C16H17N3.